The number of piperazine rings is 1. The van der Waals surface area contributed by atoms with Gasteiger partial charge in [0.2, 0.25) is 0 Å². The topological polar surface area (TPSA) is 81.2 Å². The summed E-state index contributed by atoms with van der Waals surface area (Å²) in [6.07, 6.45) is 3.99. The minimum Gasteiger partial charge on any atom is -0.392 e. The fraction of sp³-hybridized carbons (Fsp3) is 0.250. The highest BCUT2D eigenvalue weighted by Crippen LogP contribution is 2.33. The molecule has 158 valence electrons. The van der Waals surface area contributed by atoms with E-state index in [1.807, 2.05) is 24.3 Å². The molecule has 1 aliphatic heterocycles. The van der Waals surface area contributed by atoms with Gasteiger partial charge in [-0.1, -0.05) is 23.7 Å². The number of carbonyl (C=O) groups excluding carboxylic acids is 1. The summed E-state index contributed by atoms with van der Waals surface area (Å²) in [4.78, 5) is 23.1. The van der Waals surface area contributed by atoms with Crippen LogP contribution in [0.2, 0.25) is 5.02 Å². The highest BCUT2D eigenvalue weighted by atomic mass is 35.5. The molecule has 0 radical (unpaired) electrons. The van der Waals surface area contributed by atoms with Gasteiger partial charge < -0.3 is 20.3 Å². The second kappa shape index (κ2) is 8.30. The molecule has 3 aromatic rings. The van der Waals surface area contributed by atoms with E-state index in [1.165, 1.54) is 0 Å². The van der Waals surface area contributed by atoms with Gasteiger partial charge in [-0.15, -0.1) is 0 Å². The Balaban J connectivity index is 1.51. The van der Waals surface area contributed by atoms with Crippen molar-refractivity contribution in [3.63, 3.8) is 0 Å². The van der Waals surface area contributed by atoms with Gasteiger partial charge in [0.05, 0.1) is 23.2 Å². The third-order valence-electron chi connectivity index (χ3n) is 5.83. The van der Waals surface area contributed by atoms with Gasteiger partial charge in [0.25, 0.3) is 0 Å². The van der Waals surface area contributed by atoms with E-state index in [2.05, 4.69) is 32.3 Å². The monoisotopic (exact) mass is 434 g/mol. The zero-order valence-corrected chi connectivity index (χ0v) is 17.7. The lowest BCUT2D eigenvalue weighted by Crippen LogP contribution is -2.43. The van der Waals surface area contributed by atoms with Crippen LogP contribution < -0.4 is 10.2 Å². The van der Waals surface area contributed by atoms with E-state index in [-0.39, 0.29) is 18.8 Å². The number of carbonyl (C=O) groups is 1. The van der Waals surface area contributed by atoms with Crippen LogP contribution in [0.3, 0.4) is 0 Å². The molecule has 3 N–H and O–H groups in total. The normalized spacial score (nSPS) is 17.1. The zero-order valence-electron chi connectivity index (χ0n) is 17.0. The highest BCUT2D eigenvalue weighted by molar-refractivity contribution is 6.33. The maximum atomic E-state index is 12.7. The molecule has 2 heterocycles. The smallest absolute Gasteiger partial charge is 0.170 e. The van der Waals surface area contributed by atoms with Crippen LogP contribution in [0.5, 0.6) is 0 Å². The fourth-order valence-electron chi connectivity index (χ4n) is 4.13. The molecular formula is C24H23ClN4O2. The third kappa shape index (κ3) is 3.90. The summed E-state index contributed by atoms with van der Waals surface area (Å²) in [5.41, 5.74) is 5.88. The highest BCUT2D eigenvalue weighted by Gasteiger charge is 2.21. The van der Waals surface area contributed by atoms with E-state index in [1.54, 1.807) is 12.1 Å². The van der Waals surface area contributed by atoms with Crippen molar-refractivity contribution in [2.45, 2.75) is 13.0 Å². The third-order valence-corrected chi connectivity index (χ3v) is 6.16. The second-order valence-corrected chi connectivity index (χ2v) is 8.25. The number of nitrogens with zero attached hydrogens (tertiary/aromatic N) is 2. The summed E-state index contributed by atoms with van der Waals surface area (Å²) >= 11 is 6.40. The SMILES string of the molecule is O=C1CC=C(c2cc(CO)ccc2Cl)C=C1c1nc2ccc(N3CCNCC3)cc2[nH]1. The van der Waals surface area contributed by atoms with Gasteiger partial charge >= 0.3 is 0 Å². The van der Waals surface area contributed by atoms with Crippen LogP contribution in [0.15, 0.2) is 48.6 Å². The molecule has 0 spiro atoms. The number of aromatic amines is 1. The first-order valence-corrected chi connectivity index (χ1v) is 10.8. The first-order valence-electron chi connectivity index (χ1n) is 10.4. The number of H-pyrrole nitrogens is 1. The van der Waals surface area contributed by atoms with Gasteiger partial charge in [-0.25, -0.2) is 4.98 Å². The number of Topliss-reactive ketones (excluding diaryl/α,β-unsaturated/α-hetero) is 1. The number of ketones is 1. The molecule has 1 aliphatic carbocycles. The Bertz CT molecular complexity index is 1220. The summed E-state index contributed by atoms with van der Waals surface area (Å²) in [5, 5.41) is 13.4. The molecule has 0 atom stereocenters. The van der Waals surface area contributed by atoms with Crippen LogP contribution in [0.25, 0.3) is 22.2 Å². The van der Waals surface area contributed by atoms with Gasteiger partial charge in [-0.2, -0.15) is 0 Å². The van der Waals surface area contributed by atoms with Crippen molar-refractivity contribution in [2.24, 2.45) is 0 Å². The Morgan fingerprint density at radius 2 is 1.97 bits per heavy atom. The molecule has 7 heteroatoms. The number of allylic oxidation sites excluding steroid dienone is 4. The largest absolute Gasteiger partial charge is 0.392 e. The Morgan fingerprint density at radius 1 is 1.13 bits per heavy atom. The predicted octanol–water partition coefficient (Wildman–Crippen LogP) is 3.56. The van der Waals surface area contributed by atoms with Crippen LogP contribution >= 0.6 is 11.6 Å². The average Bonchev–Trinajstić information content (AvgIpc) is 3.23. The van der Waals surface area contributed by atoms with E-state index < -0.39 is 0 Å². The minimum absolute atomic E-state index is 0.0135. The molecule has 6 nitrogen and oxygen atoms in total. The summed E-state index contributed by atoms with van der Waals surface area (Å²) in [7, 11) is 0. The lowest BCUT2D eigenvalue weighted by atomic mass is 9.92. The van der Waals surface area contributed by atoms with Crippen LogP contribution in [-0.2, 0) is 11.4 Å². The summed E-state index contributed by atoms with van der Waals surface area (Å²) in [6.45, 7) is 3.83. The van der Waals surface area contributed by atoms with E-state index in [0.29, 0.717) is 16.4 Å². The molecular weight excluding hydrogens is 412 g/mol. The maximum Gasteiger partial charge on any atom is 0.170 e. The number of fused-ring (bicyclic) bond motifs is 1. The number of hydrogen-bond donors (Lipinski definition) is 3. The van der Waals surface area contributed by atoms with E-state index in [4.69, 9.17) is 11.6 Å². The van der Waals surface area contributed by atoms with Crippen molar-refractivity contribution in [1.29, 1.82) is 0 Å². The lowest BCUT2D eigenvalue weighted by Gasteiger charge is -2.29. The summed E-state index contributed by atoms with van der Waals surface area (Å²) < 4.78 is 0. The number of aliphatic hydroxyl groups excluding tert-OH is 1. The van der Waals surface area contributed by atoms with Crippen molar-refractivity contribution in [3.05, 3.63) is 70.5 Å². The van der Waals surface area contributed by atoms with Gasteiger partial charge in [0.1, 0.15) is 5.82 Å². The number of benzene rings is 2. The molecule has 2 aromatic carbocycles. The van der Waals surface area contributed by atoms with Gasteiger partial charge in [0.15, 0.2) is 5.78 Å². The molecule has 0 saturated carbocycles. The van der Waals surface area contributed by atoms with Crippen molar-refractivity contribution in [3.8, 4) is 0 Å². The Hall–Kier alpha value is -2.93. The molecule has 1 saturated heterocycles. The van der Waals surface area contributed by atoms with Crippen LogP contribution in [0.4, 0.5) is 5.69 Å². The van der Waals surface area contributed by atoms with Gasteiger partial charge in [0, 0.05) is 48.9 Å². The van der Waals surface area contributed by atoms with Gasteiger partial charge in [-0.05, 0) is 47.5 Å². The molecule has 0 bridgehead atoms. The first kappa shape index (κ1) is 20.0. The minimum atomic E-state index is -0.0636. The van der Waals surface area contributed by atoms with Crippen LogP contribution in [0.1, 0.15) is 23.4 Å². The van der Waals surface area contributed by atoms with Gasteiger partial charge in [-0.3, -0.25) is 4.79 Å². The molecule has 0 amide bonds. The molecule has 5 rings (SSSR count). The Kier molecular flexibility index (Phi) is 5.36. The molecule has 1 fully saturated rings. The predicted molar refractivity (Wildman–Crippen MR) is 124 cm³/mol. The van der Waals surface area contributed by atoms with Crippen molar-refractivity contribution in [1.82, 2.24) is 15.3 Å². The van der Waals surface area contributed by atoms with Crippen molar-refractivity contribution in [2.75, 3.05) is 31.1 Å². The number of rotatable bonds is 4. The van der Waals surface area contributed by atoms with Crippen molar-refractivity contribution < 1.29 is 9.90 Å². The molecule has 0 unspecified atom stereocenters. The lowest BCUT2D eigenvalue weighted by molar-refractivity contribution is -0.113. The standard InChI is InChI=1S/C24H23ClN4O2/c25-20-4-1-15(14-30)11-18(20)16-2-6-23(31)19(12-16)24-27-21-5-3-17(13-22(21)28-24)29-9-7-26-8-10-29/h1-5,11-13,26,30H,6-10,14H2,(H,27,28). The number of halogens is 1. The van der Waals surface area contributed by atoms with E-state index >= 15 is 0 Å². The molecule has 2 aliphatic rings. The zero-order chi connectivity index (χ0) is 21.4. The fourth-order valence-corrected chi connectivity index (χ4v) is 4.36. The number of anilines is 1. The van der Waals surface area contributed by atoms with Crippen LogP contribution in [0, 0.1) is 0 Å². The van der Waals surface area contributed by atoms with E-state index in [9.17, 15) is 9.90 Å². The Labute approximate surface area is 185 Å². The molecule has 31 heavy (non-hydrogen) atoms. The van der Waals surface area contributed by atoms with Crippen molar-refractivity contribution >= 4 is 45.3 Å². The van der Waals surface area contributed by atoms with E-state index in [0.717, 1.165) is 59.6 Å². The number of nitrogens with one attached hydrogen (secondary N) is 2. The Morgan fingerprint density at radius 3 is 2.77 bits per heavy atom. The quantitative estimate of drug-likeness (QED) is 0.585. The van der Waals surface area contributed by atoms with Crippen LogP contribution in [-0.4, -0.2) is 47.0 Å². The summed E-state index contributed by atoms with van der Waals surface area (Å²) in [5.74, 6) is 0.581. The number of aliphatic hydroxyl groups is 1. The molecule has 1 aromatic heterocycles. The number of aromatic nitrogens is 2. The number of imidazole rings is 1. The average molecular weight is 435 g/mol. The first-order chi connectivity index (χ1) is 15.1. The summed E-state index contributed by atoms with van der Waals surface area (Å²) in [6, 6.07) is 11.6. The maximum absolute atomic E-state index is 12.7. The number of hydrogen-bond acceptors (Lipinski definition) is 5. The second-order valence-electron chi connectivity index (χ2n) is 7.84.